The lowest BCUT2D eigenvalue weighted by Gasteiger charge is -2.39. The Hall–Kier alpha value is -0.160. The van der Waals surface area contributed by atoms with E-state index in [9.17, 15) is 10.2 Å². The van der Waals surface area contributed by atoms with Gasteiger partial charge in [-0.25, -0.2) is 0 Å². The summed E-state index contributed by atoms with van der Waals surface area (Å²) in [5.74, 6) is 0. The van der Waals surface area contributed by atoms with Crippen molar-refractivity contribution in [2.45, 2.75) is 46.3 Å². The van der Waals surface area contributed by atoms with E-state index in [0.717, 1.165) is 39.3 Å². The van der Waals surface area contributed by atoms with Crippen LogP contribution in [-0.2, 0) is 0 Å². The molecule has 0 bridgehead atoms. The highest BCUT2D eigenvalue weighted by atomic mass is 16.3. The smallest absolute Gasteiger partial charge is 0.0718 e. The summed E-state index contributed by atoms with van der Waals surface area (Å²) in [4.78, 5) is 4.61. The lowest BCUT2D eigenvalue weighted by molar-refractivity contribution is -0.00702. The van der Waals surface area contributed by atoms with Crippen LogP contribution in [0.3, 0.4) is 0 Å². The minimum Gasteiger partial charge on any atom is -0.391 e. The molecule has 0 aliphatic carbocycles. The predicted molar refractivity (Wildman–Crippen MR) is 74.6 cm³/mol. The Morgan fingerprint density at radius 2 is 1.39 bits per heavy atom. The van der Waals surface area contributed by atoms with Gasteiger partial charge in [-0.15, -0.1) is 0 Å². The second-order valence-corrected chi connectivity index (χ2v) is 7.27. The number of nitrogens with zero attached hydrogens (tertiary/aromatic N) is 2. The standard InChI is InChI=1S/C14H30N2O2/c1-13(2,3)12(17)10-15-6-8-16(9-7-15)11-14(4,5)18/h12,17-18H,6-11H2,1-5H3/t12-/m0/s1. The monoisotopic (exact) mass is 258 g/mol. The van der Waals surface area contributed by atoms with Gasteiger partial charge in [-0.3, -0.25) is 9.80 Å². The number of hydrogen-bond donors (Lipinski definition) is 2. The van der Waals surface area contributed by atoms with Gasteiger partial charge in [0, 0.05) is 39.3 Å². The summed E-state index contributed by atoms with van der Waals surface area (Å²) in [6, 6.07) is 0. The molecule has 1 atom stereocenters. The Balaban J connectivity index is 2.32. The SMILES string of the molecule is CC(C)(O)CN1CCN(C[C@H](O)C(C)(C)C)CC1. The van der Waals surface area contributed by atoms with Crippen LogP contribution in [0.4, 0.5) is 0 Å². The predicted octanol–water partition coefficient (Wildman–Crippen LogP) is 0.782. The molecule has 0 radical (unpaired) electrons. The van der Waals surface area contributed by atoms with Gasteiger partial charge in [0.1, 0.15) is 0 Å². The van der Waals surface area contributed by atoms with Crippen molar-refractivity contribution in [3.63, 3.8) is 0 Å². The normalized spacial score (nSPS) is 22.2. The van der Waals surface area contributed by atoms with E-state index in [0.29, 0.717) is 0 Å². The van der Waals surface area contributed by atoms with Crippen molar-refractivity contribution in [1.82, 2.24) is 9.80 Å². The molecular weight excluding hydrogens is 228 g/mol. The molecule has 0 unspecified atom stereocenters. The van der Waals surface area contributed by atoms with E-state index >= 15 is 0 Å². The van der Waals surface area contributed by atoms with Crippen molar-refractivity contribution in [2.24, 2.45) is 5.41 Å². The average molecular weight is 258 g/mol. The molecule has 0 aromatic carbocycles. The van der Waals surface area contributed by atoms with Crippen LogP contribution in [0.5, 0.6) is 0 Å². The van der Waals surface area contributed by atoms with Crippen LogP contribution >= 0.6 is 0 Å². The molecule has 1 aliphatic rings. The molecule has 4 heteroatoms. The van der Waals surface area contributed by atoms with Gasteiger partial charge in [0.25, 0.3) is 0 Å². The molecule has 0 amide bonds. The first-order chi connectivity index (χ1) is 8.08. The highest BCUT2D eigenvalue weighted by Gasteiger charge is 2.27. The minimum atomic E-state index is -0.618. The number of β-amino-alcohol motifs (C(OH)–C–C–N with tert-alkyl or cyclic N) is 2. The van der Waals surface area contributed by atoms with Gasteiger partial charge >= 0.3 is 0 Å². The lowest BCUT2D eigenvalue weighted by Crippen LogP contribution is -2.52. The Kier molecular flexibility index (Phi) is 5.18. The van der Waals surface area contributed by atoms with E-state index in [-0.39, 0.29) is 11.5 Å². The third kappa shape index (κ3) is 5.65. The minimum absolute atomic E-state index is 0.0514. The second kappa shape index (κ2) is 5.87. The summed E-state index contributed by atoms with van der Waals surface area (Å²) in [5, 5.41) is 19.9. The average Bonchev–Trinajstić information content (AvgIpc) is 2.17. The maximum Gasteiger partial charge on any atom is 0.0718 e. The van der Waals surface area contributed by atoms with Crippen molar-refractivity contribution in [2.75, 3.05) is 39.3 Å². The molecule has 2 N–H and O–H groups in total. The van der Waals surface area contributed by atoms with Crippen molar-refractivity contribution >= 4 is 0 Å². The zero-order valence-corrected chi connectivity index (χ0v) is 12.6. The van der Waals surface area contributed by atoms with Gasteiger partial charge in [-0.2, -0.15) is 0 Å². The van der Waals surface area contributed by atoms with Gasteiger partial charge in [0.2, 0.25) is 0 Å². The van der Waals surface area contributed by atoms with Crippen LogP contribution in [0.1, 0.15) is 34.6 Å². The molecule has 18 heavy (non-hydrogen) atoms. The van der Waals surface area contributed by atoms with Gasteiger partial charge in [0.15, 0.2) is 0 Å². The largest absolute Gasteiger partial charge is 0.391 e. The van der Waals surface area contributed by atoms with Crippen molar-refractivity contribution in [1.29, 1.82) is 0 Å². The van der Waals surface area contributed by atoms with E-state index in [1.165, 1.54) is 0 Å². The maximum absolute atomic E-state index is 10.1. The molecule has 1 aliphatic heterocycles. The van der Waals surface area contributed by atoms with E-state index in [1.807, 2.05) is 13.8 Å². The fraction of sp³-hybridized carbons (Fsp3) is 1.00. The molecule has 0 aromatic rings. The van der Waals surface area contributed by atoms with Crippen LogP contribution < -0.4 is 0 Å². The van der Waals surface area contributed by atoms with Crippen molar-refractivity contribution in [3.05, 3.63) is 0 Å². The quantitative estimate of drug-likeness (QED) is 0.782. The topological polar surface area (TPSA) is 46.9 Å². The molecular formula is C14H30N2O2. The van der Waals surface area contributed by atoms with Gasteiger partial charge < -0.3 is 10.2 Å². The Labute approximate surface area is 112 Å². The van der Waals surface area contributed by atoms with Crippen molar-refractivity contribution in [3.8, 4) is 0 Å². The van der Waals surface area contributed by atoms with Crippen LogP contribution in [0.15, 0.2) is 0 Å². The van der Waals surface area contributed by atoms with Gasteiger partial charge in [0.05, 0.1) is 11.7 Å². The molecule has 1 heterocycles. The zero-order chi connectivity index (χ0) is 14.0. The Bertz CT molecular complexity index is 248. The van der Waals surface area contributed by atoms with Gasteiger partial charge in [-0.05, 0) is 19.3 Å². The summed E-state index contributed by atoms with van der Waals surface area (Å²) in [6.07, 6.45) is -0.279. The van der Waals surface area contributed by atoms with E-state index in [2.05, 4.69) is 30.6 Å². The Morgan fingerprint density at radius 3 is 1.78 bits per heavy atom. The lowest BCUT2D eigenvalue weighted by atomic mass is 9.89. The molecule has 1 fully saturated rings. The second-order valence-electron chi connectivity index (χ2n) is 7.27. The fourth-order valence-electron chi connectivity index (χ4n) is 2.20. The van der Waals surface area contributed by atoms with E-state index in [1.54, 1.807) is 0 Å². The first-order valence-electron chi connectivity index (χ1n) is 6.93. The van der Waals surface area contributed by atoms with Crippen molar-refractivity contribution < 1.29 is 10.2 Å². The van der Waals surface area contributed by atoms with E-state index in [4.69, 9.17) is 0 Å². The zero-order valence-electron chi connectivity index (χ0n) is 12.6. The van der Waals surface area contributed by atoms with Crippen LogP contribution in [0, 0.1) is 5.41 Å². The highest BCUT2D eigenvalue weighted by molar-refractivity contribution is 4.81. The van der Waals surface area contributed by atoms with Crippen LogP contribution in [0.25, 0.3) is 0 Å². The third-order valence-corrected chi connectivity index (χ3v) is 3.51. The number of piperazine rings is 1. The number of aliphatic hydroxyl groups is 2. The summed E-state index contributed by atoms with van der Waals surface area (Å²) in [7, 11) is 0. The first kappa shape index (κ1) is 15.9. The third-order valence-electron chi connectivity index (χ3n) is 3.51. The van der Waals surface area contributed by atoms with Gasteiger partial charge in [-0.1, -0.05) is 20.8 Å². The van der Waals surface area contributed by atoms with Crippen LogP contribution in [-0.4, -0.2) is 71.0 Å². The molecule has 108 valence electrons. The molecule has 0 aromatic heterocycles. The first-order valence-corrected chi connectivity index (χ1v) is 6.93. The molecule has 4 nitrogen and oxygen atoms in total. The van der Waals surface area contributed by atoms with Crippen LogP contribution in [0.2, 0.25) is 0 Å². The highest BCUT2D eigenvalue weighted by Crippen LogP contribution is 2.20. The molecule has 0 spiro atoms. The molecule has 0 saturated carbocycles. The summed E-state index contributed by atoms with van der Waals surface area (Å²) in [6.45, 7) is 15.3. The Morgan fingerprint density at radius 1 is 0.944 bits per heavy atom. The fourth-order valence-corrected chi connectivity index (χ4v) is 2.20. The molecule has 1 rings (SSSR count). The number of hydrogen-bond acceptors (Lipinski definition) is 4. The maximum atomic E-state index is 10.1. The summed E-state index contributed by atoms with van der Waals surface area (Å²) >= 11 is 0. The number of aliphatic hydroxyl groups excluding tert-OH is 1. The number of rotatable bonds is 4. The van der Waals surface area contributed by atoms with E-state index < -0.39 is 5.60 Å². The summed E-state index contributed by atoms with van der Waals surface area (Å²) < 4.78 is 0. The molecule has 1 saturated heterocycles. The summed E-state index contributed by atoms with van der Waals surface area (Å²) in [5.41, 5.74) is -0.669.